The Morgan fingerprint density at radius 1 is 1.05 bits per heavy atom. The molecule has 2 bridgehead atoms. The van der Waals surface area contributed by atoms with E-state index < -0.39 is 29.8 Å². The van der Waals surface area contributed by atoms with Gasteiger partial charge < -0.3 is 33.2 Å². The minimum atomic E-state index is -4.53. The number of methoxy groups -OCH3 is 2. The van der Waals surface area contributed by atoms with Crippen LogP contribution in [0.3, 0.4) is 0 Å². The third kappa shape index (κ3) is 6.64. The molecular weight excluding hydrogens is 719 g/mol. The molecule has 11 nitrogen and oxygen atoms in total. The molecule has 0 aromatic heterocycles. The molecule has 0 radical (unpaired) electrons. The van der Waals surface area contributed by atoms with E-state index >= 15 is 0 Å². The highest BCUT2D eigenvalue weighted by atomic mass is 19.4. The van der Waals surface area contributed by atoms with E-state index in [1.165, 1.54) is 18.2 Å². The first-order valence-electron chi connectivity index (χ1n) is 17.8. The Bertz CT molecular complexity index is 2080. The van der Waals surface area contributed by atoms with Gasteiger partial charge in [0.05, 0.1) is 30.8 Å². The smallest absolute Gasteiger partial charge is 0.416 e. The van der Waals surface area contributed by atoms with Crippen molar-refractivity contribution in [2.75, 3.05) is 48.1 Å². The van der Waals surface area contributed by atoms with Gasteiger partial charge in [-0.1, -0.05) is 30.9 Å². The first-order chi connectivity index (χ1) is 26.4. The van der Waals surface area contributed by atoms with Crippen LogP contribution in [0, 0.1) is 25.2 Å². The summed E-state index contributed by atoms with van der Waals surface area (Å²) in [6.07, 6.45) is 0.430. The van der Waals surface area contributed by atoms with Crippen LogP contribution >= 0.6 is 0 Å². The number of piperazine rings is 1. The lowest BCUT2D eigenvalue weighted by Crippen LogP contribution is -2.68. The van der Waals surface area contributed by atoms with E-state index in [1.807, 2.05) is 20.9 Å². The Morgan fingerprint density at radius 3 is 2.55 bits per heavy atom. The summed E-state index contributed by atoms with van der Waals surface area (Å²) in [6, 6.07) is 6.98. The number of hydrogen-bond donors (Lipinski definition) is 0. The molecule has 0 amide bonds. The minimum absolute atomic E-state index is 0.0149. The van der Waals surface area contributed by atoms with E-state index in [4.69, 9.17) is 33.2 Å². The number of aryl methyl sites for hydroxylation is 1. The molecular formula is C41H42F3N3O8. The second-order valence-electron chi connectivity index (χ2n) is 14.0. The summed E-state index contributed by atoms with van der Waals surface area (Å²) in [4.78, 5) is 17.7. The number of nitrogens with zero attached hydrogens (tertiary/aromatic N) is 3. The molecule has 4 heterocycles. The van der Waals surface area contributed by atoms with Crippen LogP contribution in [0.2, 0.25) is 0 Å². The zero-order valence-corrected chi connectivity index (χ0v) is 31.2. The lowest BCUT2D eigenvalue weighted by molar-refractivity contribution is -0.143. The number of nitriles is 1. The number of benzene rings is 3. The zero-order valence-electron chi connectivity index (χ0n) is 31.2. The van der Waals surface area contributed by atoms with Crippen LogP contribution in [0.25, 0.3) is 6.08 Å². The van der Waals surface area contributed by atoms with Crippen molar-refractivity contribution in [1.29, 1.82) is 5.26 Å². The number of halogens is 3. The topological polar surface area (TPSA) is 112 Å². The Balaban J connectivity index is 1.36. The molecule has 0 saturated carbocycles. The molecule has 4 aliphatic heterocycles. The van der Waals surface area contributed by atoms with Crippen LogP contribution in [0.4, 0.5) is 13.2 Å². The zero-order chi connectivity index (χ0) is 39.2. The number of fused-ring (bicyclic) bond motifs is 9. The van der Waals surface area contributed by atoms with Gasteiger partial charge in [-0.25, -0.2) is 4.79 Å². The first kappa shape index (κ1) is 38.1. The molecule has 3 aromatic rings. The Morgan fingerprint density at radius 2 is 1.84 bits per heavy atom. The highest BCUT2D eigenvalue weighted by Gasteiger charge is 2.57. The summed E-state index contributed by atoms with van der Waals surface area (Å²) in [5, 5.41) is 11.0. The summed E-state index contributed by atoms with van der Waals surface area (Å²) in [7, 11) is 5.16. The quantitative estimate of drug-likeness (QED) is 0.0909. The van der Waals surface area contributed by atoms with Crippen molar-refractivity contribution in [2.24, 2.45) is 0 Å². The lowest BCUT2D eigenvalue weighted by Gasteiger charge is -2.59. The van der Waals surface area contributed by atoms with E-state index in [9.17, 15) is 23.2 Å². The normalized spacial score (nSPS) is 22.6. The molecule has 3 aromatic carbocycles. The van der Waals surface area contributed by atoms with Crippen LogP contribution < -0.4 is 23.7 Å². The van der Waals surface area contributed by atoms with Crippen molar-refractivity contribution in [3.05, 3.63) is 93.6 Å². The summed E-state index contributed by atoms with van der Waals surface area (Å²) in [5.41, 5.74) is 4.44. The van der Waals surface area contributed by atoms with E-state index in [0.29, 0.717) is 47.2 Å². The van der Waals surface area contributed by atoms with Crippen LogP contribution in [0.15, 0.2) is 49.1 Å². The lowest BCUT2D eigenvalue weighted by atomic mass is 9.71. The molecule has 1 saturated heterocycles. The van der Waals surface area contributed by atoms with Crippen LogP contribution in [-0.4, -0.2) is 82.0 Å². The molecule has 290 valence electrons. The molecule has 55 heavy (non-hydrogen) atoms. The van der Waals surface area contributed by atoms with E-state index in [1.54, 1.807) is 20.3 Å². The second-order valence-corrected chi connectivity index (χ2v) is 14.0. The van der Waals surface area contributed by atoms with Crippen molar-refractivity contribution >= 4 is 12.0 Å². The molecule has 0 N–H and O–H groups in total. The van der Waals surface area contributed by atoms with E-state index in [2.05, 4.69) is 28.5 Å². The SMILES string of the molecule is C=CCOc1c(C)c2c(c3c1CC1[C@H]4c5c(cc(C)c(OC)c5OCOC)C[C@@H]([C@H](C#N)N1[C@H]3COC(=O)/C=C/c1cccc(C(F)(F)F)c1)N4C)OCO2. The van der Waals surface area contributed by atoms with Gasteiger partial charge in [-0.15, -0.1) is 0 Å². The van der Waals surface area contributed by atoms with Crippen molar-refractivity contribution in [3.8, 4) is 34.8 Å². The average Bonchev–Trinajstić information content (AvgIpc) is 3.65. The van der Waals surface area contributed by atoms with Crippen LogP contribution in [0.5, 0.6) is 28.7 Å². The average molecular weight is 762 g/mol. The molecule has 0 aliphatic carbocycles. The number of ether oxygens (including phenoxy) is 7. The molecule has 1 unspecified atom stereocenters. The van der Waals surface area contributed by atoms with Gasteiger partial charge in [0.25, 0.3) is 0 Å². The molecule has 4 aliphatic rings. The predicted molar refractivity (Wildman–Crippen MR) is 194 cm³/mol. The second kappa shape index (κ2) is 15.1. The van der Waals surface area contributed by atoms with Crippen molar-refractivity contribution in [1.82, 2.24) is 9.80 Å². The fraction of sp³-hybridized carbons (Fsp3) is 0.415. The van der Waals surface area contributed by atoms with Crippen molar-refractivity contribution in [2.45, 2.75) is 63.1 Å². The van der Waals surface area contributed by atoms with Gasteiger partial charge in [-0.3, -0.25) is 9.80 Å². The third-order valence-electron chi connectivity index (χ3n) is 10.9. The third-order valence-corrected chi connectivity index (χ3v) is 10.9. The summed E-state index contributed by atoms with van der Waals surface area (Å²) in [6.45, 7) is 7.64. The number of alkyl halides is 3. The number of rotatable bonds is 11. The Kier molecular flexibility index (Phi) is 10.5. The standard InChI is InChI=1S/C41H42F3N3O8/c1-7-13-51-37-23(3)38-40(55-21-54-38)34-27(37)17-29-35-33-25(14-22(2)36(50-6)39(33)53-20-49-5)16-28(46(35)4)30(18-45)47(29)31(34)19-52-32(48)12-11-24-9-8-10-26(15-24)41(42,43)44/h7-12,14-15,28-31,35H,1,13,16-17,19-21H2,2-6H3/b12-11+/t28-,29?,30-,31-,35-/m0/s1. The first-order valence-corrected chi connectivity index (χ1v) is 17.8. The van der Waals surface area contributed by atoms with Gasteiger partial charge in [-0.2, -0.15) is 18.4 Å². The molecule has 7 rings (SSSR count). The maximum absolute atomic E-state index is 13.4. The largest absolute Gasteiger partial charge is 0.493 e. The summed E-state index contributed by atoms with van der Waals surface area (Å²) >= 11 is 0. The number of carbonyl (C=O) groups excluding carboxylic acids is 1. The van der Waals surface area contributed by atoms with Crippen LogP contribution in [-0.2, 0) is 33.3 Å². The molecule has 14 heteroatoms. The van der Waals surface area contributed by atoms with Gasteiger partial charge in [0, 0.05) is 47.5 Å². The molecule has 5 atom stereocenters. The highest BCUT2D eigenvalue weighted by molar-refractivity contribution is 5.87. The van der Waals surface area contributed by atoms with Crippen LogP contribution in [0.1, 0.15) is 56.6 Å². The highest BCUT2D eigenvalue weighted by Crippen LogP contribution is 2.58. The number of carbonyl (C=O) groups is 1. The Labute approximate surface area is 317 Å². The summed E-state index contributed by atoms with van der Waals surface area (Å²) in [5.74, 6) is 1.95. The number of esters is 1. The van der Waals surface area contributed by atoms with Gasteiger partial charge in [0.2, 0.25) is 6.79 Å². The van der Waals surface area contributed by atoms with Crippen molar-refractivity contribution < 1.29 is 51.1 Å². The fourth-order valence-electron chi connectivity index (χ4n) is 8.76. The minimum Gasteiger partial charge on any atom is -0.493 e. The van der Waals surface area contributed by atoms with E-state index in [-0.39, 0.29) is 50.5 Å². The van der Waals surface area contributed by atoms with Gasteiger partial charge in [0.1, 0.15) is 25.0 Å². The van der Waals surface area contributed by atoms with Gasteiger partial charge in [0.15, 0.2) is 29.8 Å². The maximum atomic E-state index is 13.4. The van der Waals surface area contributed by atoms with Gasteiger partial charge in [-0.05, 0) is 68.6 Å². The molecule has 1 fully saturated rings. The monoisotopic (exact) mass is 761 g/mol. The predicted octanol–water partition coefficient (Wildman–Crippen LogP) is 6.64. The fourth-order valence-corrected chi connectivity index (χ4v) is 8.76. The van der Waals surface area contributed by atoms with Crippen molar-refractivity contribution in [3.63, 3.8) is 0 Å². The van der Waals surface area contributed by atoms with Gasteiger partial charge >= 0.3 is 12.1 Å². The number of hydrogen-bond acceptors (Lipinski definition) is 11. The molecule has 0 spiro atoms. The summed E-state index contributed by atoms with van der Waals surface area (Å²) < 4.78 is 82.0. The Hall–Kier alpha value is -5.23. The van der Waals surface area contributed by atoms with E-state index in [0.717, 1.165) is 46.0 Å². The number of likely N-dealkylation sites (N-methyl/N-ethyl adjacent to an activating group) is 1. The maximum Gasteiger partial charge on any atom is 0.416 e.